The fraction of sp³-hybridized carbons (Fsp3) is 0.150. The second-order valence-electron chi connectivity index (χ2n) is 5.89. The minimum absolute atomic E-state index is 0.168. The van der Waals surface area contributed by atoms with Crippen molar-refractivity contribution in [3.8, 4) is 11.5 Å². The first kappa shape index (κ1) is 16.0. The van der Waals surface area contributed by atoms with Crippen molar-refractivity contribution in [2.45, 2.75) is 18.9 Å². The Morgan fingerprint density at radius 1 is 0.875 bits per heavy atom. The van der Waals surface area contributed by atoms with Gasteiger partial charge in [-0.1, -0.05) is 42.5 Å². The zero-order valence-electron chi connectivity index (χ0n) is 13.2. The third-order valence-corrected chi connectivity index (χ3v) is 4.27. The number of phenolic OH excluding ortho intramolecular Hbond substituents is 2. The number of hydrogen-bond donors (Lipinski definition) is 4. The average Bonchev–Trinajstić information content (AvgIpc) is 2.57. The first-order valence-electron chi connectivity index (χ1n) is 7.87. The van der Waals surface area contributed by atoms with Crippen molar-refractivity contribution in [3.63, 3.8) is 0 Å². The molecule has 0 amide bonds. The van der Waals surface area contributed by atoms with Crippen molar-refractivity contribution in [2.75, 3.05) is 0 Å². The number of benzene rings is 2. The van der Waals surface area contributed by atoms with Crippen molar-refractivity contribution in [3.05, 3.63) is 70.8 Å². The lowest BCUT2D eigenvalue weighted by molar-refractivity contribution is 0.473. The molecule has 5 N–H and O–H groups in total. The maximum atomic E-state index is 9.95. The maximum absolute atomic E-state index is 9.95. The second-order valence-corrected chi connectivity index (χ2v) is 5.89. The van der Waals surface area contributed by atoms with E-state index in [0.29, 0.717) is 29.7 Å². The van der Waals surface area contributed by atoms with Gasteiger partial charge in [-0.3, -0.25) is 0 Å². The van der Waals surface area contributed by atoms with Crippen LogP contribution in [0.5, 0.6) is 11.5 Å². The summed E-state index contributed by atoms with van der Waals surface area (Å²) in [4.78, 5) is 0. The van der Waals surface area contributed by atoms with Crippen molar-refractivity contribution >= 4 is 17.9 Å². The Balaban J connectivity index is 1.98. The van der Waals surface area contributed by atoms with Crippen LogP contribution in [0.25, 0.3) is 12.2 Å². The predicted molar refractivity (Wildman–Crippen MR) is 97.1 cm³/mol. The predicted octanol–water partition coefficient (Wildman–Crippen LogP) is 3.71. The van der Waals surface area contributed by atoms with Crippen molar-refractivity contribution in [1.82, 2.24) is 0 Å². The van der Waals surface area contributed by atoms with Crippen LogP contribution in [0, 0.1) is 5.41 Å². The molecule has 0 bridgehead atoms. The van der Waals surface area contributed by atoms with E-state index in [1.807, 2.05) is 24.3 Å². The highest BCUT2D eigenvalue weighted by Gasteiger charge is 2.24. The highest BCUT2D eigenvalue weighted by molar-refractivity contribution is 6.05. The van der Waals surface area contributed by atoms with E-state index in [1.54, 1.807) is 36.4 Å². The van der Waals surface area contributed by atoms with Crippen LogP contribution in [-0.4, -0.2) is 22.0 Å². The molecule has 4 heteroatoms. The quantitative estimate of drug-likeness (QED) is 0.680. The first-order valence-corrected chi connectivity index (χ1v) is 7.87. The SMILES string of the molecule is N=C1CCC(=Cc2ccccc2O)C(N)C1=Cc1ccccc1O. The smallest absolute Gasteiger partial charge is 0.122 e. The van der Waals surface area contributed by atoms with Crippen LogP contribution in [0.4, 0.5) is 0 Å². The molecule has 0 saturated heterocycles. The summed E-state index contributed by atoms with van der Waals surface area (Å²) >= 11 is 0. The molecule has 1 aliphatic carbocycles. The Labute approximate surface area is 141 Å². The molecule has 3 rings (SSSR count). The van der Waals surface area contributed by atoms with Crippen LogP contribution in [0.15, 0.2) is 59.7 Å². The minimum Gasteiger partial charge on any atom is -0.507 e. The second kappa shape index (κ2) is 6.72. The Hall–Kier alpha value is -2.85. The van der Waals surface area contributed by atoms with Gasteiger partial charge in [0.1, 0.15) is 11.5 Å². The lowest BCUT2D eigenvalue weighted by atomic mass is 9.82. The fourth-order valence-corrected chi connectivity index (χ4v) is 2.88. The van der Waals surface area contributed by atoms with Crippen LogP contribution in [0.3, 0.4) is 0 Å². The zero-order valence-corrected chi connectivity index (χ0v) is 13.2. The van der Waals surface area contributed by atoms with Crippen molar-refractivity contribution in [1.29, 1.82) is 5.41 Å². The van der Waals surface area contributed by atoms with Gasteiger partial charge in [0.2, 0.25) is 0 Å². The molecule has 1 saturated carbocycles. The van der Waals surface area contributed by atoms with E-state index < -0.39 is 6.04 Å². The molecule has 0 radical (unpaired) electrons. The summed E-state index contributed by atoms with van der Waals surface area (Å²) in [5, 5.41) is 28.1. The van der Waals surface area contributed by atoms with Gasteiger partial charge in [-0.25, -0.2) is 0 Å². The van der Waals surface area contributed by atoms with Crippen LogP contribution < -0.4 is 5.73 Å². The van der Waals surface area contributed by atoms with Crippen molar-refractivity contribution < 1.29 is 10.2 Å². The Morgan fingerprint density at radius 2 is 1.42 bits per heavy atom. The van der Waals surface area contributed by atoms with Gasteiger partial charge >= 0.3 is 0 Å². The molecule has 1 aliphatic rings. The summed E-state index contributed by atoms with van der Waals surface area (Å²) in [6.07, 6.45) is 4.95. The summed E-state index contributed by atoms with van der Waals surface area (Å²) in [7, 11) is 0. The summed E-state index contributed by atoms with van der Waals surface area (Å²) in [5.41, 5.74) is 9.89. The Bertz CT molecular complexity index is 837. The molecule has 1 fully saturated rings. The van der Waals surface area contributed by atoms with Gasteiger partial charge in [0.15, 0.2) is 0 Å². The summed E-state index contributed by atoms with van der Waals surface area (Å²) in [6.45, 7) is 0. The number of nitrogens with one attached hydrogen (secondary N) is 1. The Kier molecular flexibility index (Phi) is 4.49. The molecule has 0 aliphatic heterocycles. The third-order valence-electron chi connectivity index (χ3n) is 4.27. The van der Waals surface area contributed by atoms with Gasteiger partial charge in [0.25, 0.3) is 0 Å². The summed E-state index contributed by atoms with van der Waals surface area (Å²) in [5.74, 6) is 0.380. The van der Waals surface area contributed by atoms with Crippen LogP contribution in [-0.2, 0) is 0 Å². The number of phenols is 2. The third kappa shape index (κ3) is 3.24. The van der Waals surface area contributed by atoms with Crippen LogP contribution in [0.1, 0.15) is 24.0 Å². The van der Waals surface area contributed by atoms with E-state index in [2.05, 4.69) is 0 Å². The average molecular weight is 320 g/mol. The highest BCUT2D eigenvalue weighted by atomic mass is 16.3. The molecule has 0 heterocycles. The van der Waals surface area contributed by atoms with Crippen LogP contribution >= 0.6 is 0 Å². The molecule has 4 nitrogen and oxygen atoms in total. The molecular weight excluding hydrogens is 300 g/mol. The lowest BCUT2D eigenvalue weighted by Crippen LogP contribution is -2.33. The van der Waals surface area contributed by atoms with Gasteiger partial charge in [-0.05, 0) is 42.2 Å². The molecule has 0 aromatic heterocycles. The first-order chi connectivity index (χ1) is 11.6. The van der Waals surface area contributed by atoms with E-state index in [4.69, 9.17) is 11.1 Å². The topological polar surface area (TPSA) is 90.3 Å². The molecule has 2 aromatic carbocycles. The normalized spacial score (nSPS) is 21.4. The molecule has 1 unspecified atom stereocenters. The molecule has 0 spiro atoms. The number of para-hydroxylation sites is 2. The van der Waals surface area contributed by atoms with E-state index in [0.717, 1.165) is 11.1 Å². The largest absolute Gasteiger partial charge is 0.507 e. The molecule has 2 aromatic rings. The van der Waals surface area contributed by atoms with Gasteiger partial charge in [-0.2, -0.15) is 0 Å². The van der Waals surface area contributed by atoms with E-state index in [-0.39, 0.29) is 11.5 Å². The molecular formula is C20H20N2O2. The number of aromatic hydroxyl groups is 2. The Morgan fingerprint density at radius 3 is 2.00 bits per heavy atom. The zero-order chi connectivity index (χ0) is 17.1. The van der Waals surface area contributed by atoms with E-state index in [1.165, 1.54) is 0 Å². The van der Waals surface area contributed by atoms with Crippen LogP contribution in [0.2, 0.25) is 0 Å². The fourth-order valence-electron chi connectivity index (χ4n) is 2.88. The monoisotopic (exact) mass is 320 g/mol. The van der Waals surface area contributed by atoms with E-state index >= 15 is 0 Å². The highest BCUT2D eigenvalue weighted by Crippen LogP contribution is 2.31. The van der Waals surface area contributed by atoms with E-state index in [9.17, 15) is 10.2 Å². The molecule has 24 heavy (non-hydrogen) atoms. The van der Waals surface area contributed by atoms with Gasteiger partial charge in [-0.15, -0.1) is 0 Å². The lowest BCUT2D eigenvalue weighted by Gasteiger charge is -2.26. The maximum Gasteiger partial charge on any atom is 0.122 e. The molecule has 122 valence electrons. The van der Waals surface area contributed by atoms with Crippen molar-refractivity contribution in [2.24, 2.45) is 5.73 Å². The minimum atomic E-state index is -0.425. The van der Waals surface area contributed by atoms with Gasteiger partial charge in [0.05, 0.1) is 6.04 Å². The number of nitrogens with two attached hydrogens (primary N) is 1. The summed E-state index contributed by atoms with van der Waals surface area (Å²) < 4.78 is 0. The van der Waals surface area contributed by atoms with Gasteiger partial charge < -0.3 is 21.4 Å². The standard InChI is InChI=1S/C20H20N2O2/c21-17-10-9-15(11-13-5-1-3-7-18(13)23)20(22)16(17)12-14-6-2-4-8-19(14)24/h1-8,11-12,20-21,23-24H,9-10,22H2. The molecule has 1 atom stereocenters. The summed E-state index contributed by atoms with van der Waals surface area (Å²) in [6, 6.07) is 13.7. The number of hydrogen-bond acceptors (Lipinski definition) is 4. The number of rotatable bonds is 2. The van der Waals surface area contributed by atoms with Gasteiger partial charge in [0, 0.05) is 16.8 Å².